The number of carbonyl (C=O) groups excluding carboxylic acids is 1. The maximum Gasteiger partial charge on any atom is 0.254 e. The molecule has 0 radical (unpaired) electrons. The van der Waals surface area contributed by atoms with Crippen LogP contribution in [0.3, 0.4) is 0 Å². The van der Waals surface area contributed by atoms with Crippen molar-refractivity contribution < 1.29 is 4.79 Å². The molecule has 2 rings (SSSR count). The topological polar surface area (TPSA) is 67.8 Å². The van der Waals surface area contributed by atoms with Gasteiger partial charge in [0.25, 0.3) is 5.91 Å². The number of nitrogens with one attached hydrogen (secondary N) is 1. The van der Waals surface area contributed by atoms with Crippen LogP contribution in [-0.4, -0.2) is 20.9 Å². The van der Waals surface area contributed by atoms with Crippen LogP contribution in [0.5, 0.6) is 0 Å². The van der Waals surface area contributed by atoms with Crippen LogP contribution in [-0.2, 0) is 6.54 Å². The minimum atomic E-state index is -0.276. The van der Waals surface area contributed by atoms with Crippen LogP contribution in [0, 0.1) is 0 Å². The first-order valence-electron chi connectivity index (χ1n) is 4.91. The highest BCUT2D eigenvalue weighted by molar-refractivity contribution is 6.32. The number of amides is 1. The molecule has 2 aromatic heterocycles. The van der Waals surface area contributed by atoms with Gasteiger partial charge < -0.3 is 5.32 Å². The Morgan fingerprint density at radius 1 is 1.29 bits per heavy atom. The van der Waals surface area contributed by atoms with E-state index in [1.165, 1.54) is 12.5 Å². The second-order valence-electron chi connectivity index (χ2n) is 3.23. The molecule has 86 valence electrons. The SMILES string of the molecule is O=C(NCc1ccncn1)c1cccnc1Cl. The van der Waals surface area contributed by atoms with Crippen LogP contribution >= 0.6 is 11.6 Å². The van der Waals surface area contributed by atoms with Crippen molar-refractivity contribution in [3.63, 3.8) is 0 Å². The molecule has 2 heterocycles. The van der Waals surface area contributed by atoms with Crippen molar-refractivity contribution in [1.29, 1.82) is 0 Å². The lowest BCUT2D eigenvalue weighted by molar-refractivity contribution is 0.0950. The molecule has 0 aliphatic rings. The molecule has 17 heavy (non-hydrogen) atoms. The lowest BCUT2D eigenvalue weighted by Crippen LogP contribution is -2.23. The molecule has 0 spiro atoms. The van der Waals surface area contributed by atoms with Gasteiger partial charge in [0.1, 0.15) is 11.5 Å². The second-order valence-corrected chi connectivity index (χ2v) is 3.58. The van der Waals surface area contributed by atoms with Gasteiger partial charge in [0.2, 0.25) is 0 Å². The minimum Gasteiger partial charge on any atom is -0.346 e. The van der Waals surface area contributed by atoms with Gasteiger partial charge in [-0.3, -0.25) is 4.79 Å². The minimum absolute atomic E-state index is 0.188. The average Bonchev–Trinajstić information content (AvgIpc) is 2.38. The van der Waals surface area contributed by atoms with E-state index in [1.54, 1.807) is 24.4 Å². The van der Waals surface area contributed by atoms with Crippen molar-refractivity contribution in [3.05, 3.63) is 53.3 Å². The Hall–Kier alpha value is -2.01. The van der Waals surface area contributed by atoms with Gasteiger partial charge in [-0.2, -0.15) is 0 Å². The molecule has 0 saturated carbocycles. The number of halogens is 1. The van der Waals surface area contributed by atoms with Crippen molar-refractivity contribution in [1.82, 2.24) is 20.3 Å². The Kier molecular flexibility index (Phi) is 3.62. The highest BCUT2D eigenvalue weighted by Gasteiger charge is 2.09. The van der Waals surface area contributed by atoms with Gasteiger partial charge in [-0.1, -0.05) is 11.6 Å². The summed E-state index contributed by atoms with van der Waals surface area (Å²) in [6.45, 7) is 0.326. The quantitative estimate of drug-likeness (QED) is 0.835. The number of aromatic nitrogens is 3. The van der Waals surface area contributed by atoms with E-state index in [2.05, 4.69) is 20.3 Å². The molecule has 0 fully saturated rings. The lowest BCUT2D eigenvalue weighted by atomic mass is 10.2. The van der Waals surface area contributed by atoms with E-state index in [4.69, 9.17) is 11.6 Å². The fourth-order valence-corrected chi connectivity index (χ4v) is 1.45. The van der Waals surface area contributed by atoms with Crippen LogP contribution in [0.4, 0.5) is 0 Å². The van der Waals surface area contributed by atoms with E-state index in [0.29, 0.717) is 12.1 Å². The van der Waals surface area contributed by atoms with Crippen LogP contribution in [0.1, 0.15) is 16.1 Å². The first-order chi connectivity index (χ1) is 8.27. The number of nitrogens with zero attached hydrogens (tertiary/aromatic N) is 3. The van der Waals surface area contributed by atoms with Crippen molar-refractivity contribution >= 4 is 17.5 Å². The number of pyridine rings is 1. The molecular weight excluding hydrogens is 240 g/mol. The van der Waals surface area contributed by atoms with E-state index < -0.39 is 0 Å². The summed E-state index contributed by atoms with van der Waals surface area (Å²) in [4.78, 5) is 23.4. The van der Waals surface area contributed by atoms with Crippen LogP contribution in [0.25, 0.3) is 0 Å². The van der Waals surface area contributed by atoms with E-state index in [1.807, 2.05) is 0 Å². The summed E-state index contributed by atoms with van der Waals surface area (Å²) < 4.78 is 0. The van der Waals surface area contributed by atoms with Crippen LogP contribution in [0.15, 0.2) is 36.9 Å². The Balaban J connectivity index is 2.01. The van der Waals surface area contributed by atoms with E-state index >= 15 is 0 Å². The third-order valence-electron chi connectivity index (χ3n) is 2.08. The van der Waals surface area contributed by atoms with E-state index in [9.17, 15) is 4.79 Å². The van der Waals surface area contributed by atoms with Gasteiger partial charge >= 0.3 is 0 Å². The summed E-state index contributed by atoms with van der Waals surface area (Å²) in [5.74, 6) is -0.276. The maximum absolute atomic E-state index is 11.8. The fraction of sp³-hybridized carbons (Fsp3) is 0.0909. The monoisotopic (exact) mass is 248 g/mol. The normalized spacial score (nSPS) is 9.94. The molecule has 0 aromatic carbocycles. The average molecular weight is 249 g/mol. The van der Waals surface area contributed by atoms with E-state index in [-0.39, 0.29) is 11.1 Å². The molecule has 2 aromatic rings. The highest BCUT2D eigenvalue weighted by Crippen LogP contribution is 2.11. The van der Waals surface area contributed by atoms with Crippen molar-refractivity contribution in [2.45, 2.75) is 6.54 Å². The number of hydrogen-bond donors (Lipinski definition) is 1. The van der Waals surface area contributed by atoms with Crippen molar-refractivity contribution in [2.75, 3.05) is 0 Å². The first-order valence-corrected chi connectivity index (χ1v) is 5.29. The second kappa shape index (κ2) is 5.36. The van der Waals surface area contributed by atoms with E-state index in [0.717, 1.165) is 5.69 Å². The summed E-state index contributed by atoms with van der Waals surface area (Å²) in [6, 6.07) is 5.00. The third-order valence-corrected chi connectivity index (χ3v) is 2.38. The van der Waals surface area contributed by atoms with Crippen molar-refractivity contribution in [3.8, 4) is 0 Å². The smallest absolute Gasteiger partial charge is 0.254 e. The molecule has 0 bridgehead atoms. The summed E-state index contributed by atoms with van der Waals surface area (Å²) in [5.41, 5.74) is 1.08. The Bertz CT molecular complexity index is 518. The zero-order valence-corrected chi connectivity index (χ0v) is 9.55. The van der Waals surface area contributed by atoms with Gasteiger partial charge in [-0.15, -0.1) is 0 Å². The molecular formula is C11H9ClN4O. The molecule has 0 aliphatic heterocycles. The number of carbonyl (C=O) groups is 1. The molecule has 0 aliphatic carbocycles. The predicted octanol–water partition coefficient (Wildman–Crippen LogP) is 1.46. The van der Waals surface area contributed by atoms with Gasteiger partial charge in [-0.05, 0) is 18.2 Å². The summed E-state index contributed by atoms with van der Waals surface area (Å²) in [6.07, 6.45) is 4.58. The fourth-order valence-electron chi connectivity index (χ4n) is 1.24. The number of hydrogen-bond acceptors (Lipinski definition) is 4. The van der Waals surface area contributed by atoms with Gasteiger partial charge in [0.15, 0.2) is 0 Å². The lowest BCUT2D eigenvalue weighted by Gasteiger charge is -2.05. The summed E-state index contributed by atoms with van der Waals surface area (Å²) >= 11 is 5.80. The largest absolute Gasteiger partial charge is 0.346 e. The zero-order chi connectivity index (χ0) is 12.1. The summed E-state index contributed by atoms with van der Waals surface area (Å²) in [5, 5.41) is 2.89. The Morgan fingerprint density at radius 3 is 2.88 bits per heavy atom. The standard InChI is InChI=1S/C11H9ClN4O/c12-10-9(2-1-4-14-10)11(17)15-6-8-3-5-13-7-16-8/h1-5,7H,6H2,(H,15,17). The first kappa shape index (κ1) is 11.5. The van der Waals surface area contributed by atoms with Gasteiger partial charge in [0.05, 0.1) is 17.8 Å². The Labute approximate surface area is 103 Å². The van der Waals surface area contributed by atoms with Crippen molar-refractivity contribution in [2.24, 2.45) is 0 Å². The number of rotatable bonds is 3. The molecule has 1 amide bonds. The third kappa shape index (κ3) is 2.98. The van der Waals surface area contributed by atoms with Gasteiger partial charge in [0, 0.05) is 12.4 Å². The maximum atomic E-state index is 11.8. The molecule has 5 nitrogen and oxygen atoms in total. The predicted molar refractivity (Wildman–Crippen MR) is 62.4 cm³/mol. The molecule has 1 N–H and O–H groups in total. The molecule has 6 heteroatoms. The zero-order valence-electron chi connectivity index (χ0n) is 8.80. The highest BCUT2D eigenvalue weighted by atomic mass is 35.5. The molecule has 0 atom stereocenters. The molecule has 0 saturated heterocycles. The summed E-state index contributed by atoms with van der Waals surface area (Å²) in [7, 11) is 0. The van der Waals surface area contributed by atoms with Crippen LogP contribution in [0.2, 0.25) is 5.15 Å². The Morgan fingerprint density at radius 2 is 2.18 bits per heavy atom. The van der Waals surface area contributed by atoms with Crippen LogP contribution < -0.4 is 5.32 Å². The molecule has 0 unspecified atom stereocenters. The van der Waals surface area contributed by atoms with Gasteiger partial charge in [-0.25, -0.2) is 15.0 Å².